The minimum atomic E-state index is -0.935. The van der Waals surface area contributed by atoms with Gasteiger partial charge in [-0.05, 0) is 42.7 Å². The third-order valence-electron chi connectivity index (χ3n) is 5.26. The monoisotopic (exact) mass is 454 g/mol. The molecule has 2 aromatic carbocycles. The second-order valence-corrected chi connectivity index (χ2v) is 9.00. The summed E-state index contributed by atoms with van der Waals surface area (Å²) in [5.41, 5.74) is 2.34. The first-order valence-electron chi connectivity index (χ1n) is 11.2. The summed E-state index contributed by atoms with van der Waals surface area (Å²) in [5.74, 6) is -1.71. The van der Waals surface area contributed by atoms with E-state index in [4.69, 9.17) is 12.2 Å². The van der Waals surface area contributed by atoms with Crippen LogP contribution in [0.1, 0.15) is 44.2 Å². The van der Waals surface area contributed by atoms with Gasteiger partial charge >= 0.3 is 5.97 Å². The summed E-state index contributed by atoms with van der Waals surface area (Å²) in [6.07, 6.45) is 2.84. The molecule has 6 heteroatoms. The highest BCUT2D eigenvalue weighted by Gasteiger charge is 2.25. The Labute approximate surface area is 196 Å². The molecule has 5 nitrogen and oxygen atoms in total. The lowest BCUT2D eigenvalue weighted by Crippen LogP contribution is -2.48. The molecule has 32 heavy (non-hydrogen) atoms. The molecule has 172 valence electrons. The fraction of sp³-hybridized carbons (Fsp3) is 0.423. The quantitative estimate of drug-likeness (QED) is 0.309. The standard InChI is InChI=1S/C26H34N2O3S/c1-19(2)16-22(26(30)31)18-24(29)28-23(17-21-12-7-4-8-13-21)25(32)27-15-9-14-20-10-5-3-6-11-20/h3-8,10-13,19,22-23H,9,14-18H2,1-2H3,(H,27,32)(H,28,29)(H,30,31)/t22-,23+/m1/s1. The number of aliphatic carboxylic acids is 1. The number of carboxylic acids is 1. The molecule has 2 rings (SSSR count). The second kappa shape index (κ2) is 13.6. The van der Waals surface area contributed by atoms with Gasteiger partial charge in [0, 0.05) is 13.0 Å². The van der Waals surface area contributed by atoms with Crippen molar-refractivity contribution in [3.05, 3.63) is 71.8 Å². The van der Waals surface area contributed by atoms with Gasteiger partial charge in [0.15, 0.2) is 0 Å². The Bertz CT molecular complexity index is 856. The van der Waals surface area contributed by atoms with Crippen LogP contribution in [0.2, 0.25) is 0 Å². The summed E-state index contributed by atoms with van der Waals surface area (Å²) >= 11 is 5.62. The van der Waals surface area contributed by atoms with Crippen LogP contribution in [-0.4, -0.2) is 34.6 Å². The predicted octanol–water partition coefficient (Wildman–Crippen LogP) is 4.40. The molecular weight excluding hydrogens is 420 g/mol. The lowest BCUT2D eigenvalue weighted by atomic mass is 9.93. The fourth-order valence-electron chi connectivity index (χ4n) is 3.65. The Morgan fingerprint density at radius 1 is 0.969 bits per heavy atom. The van der Waals surface area contributed by atoms with Gasteiger partial charge in [-0.15, -0.1) is 0 Å². The van der Waals surface area contributed by atoms with Crippen molar-refractivity contribution >= 4 is 29.1 Å². The Hall–Kier alpha value is -2.73. The Balaban J connectivity index is 1.95. The highest BCUT2D eigenvalue weighted by Crippen LogP contribution is 2.16. The zero-order valence-electron chi connectivity index (χ0n) is 18.9. The van der Waals surface area contributed by atoms with Gasteiger partial charge in [-0.1, -0.05) is 86.7 Å². The van der Waals surface area contributed by atoms with Crippen LogP contribution in [0.5, 0.6) is 0 Å². The number of carbonyl (C=O) groups is 2. The molecule has 3 N–H and O–H groups in total. The fourth-order valence-corrected chi connectivity index (χ4v) is 3.89. The van der Waals surface area contributed by atoms with Gasteiger partial charge in [0.1, 0.15) is 0 Å². The van der Waals surface area contributed by atoms with E-state index in [9.17, 15) is 14.7 Å². The molecule has 0 fully saturated rings. The molecule has 0 unspecified atom stereocenters. The normalized spacial score (nSPS) is 12.7. The largest absolute Gasteiger partial charge is 0.481 e. The average molecular weight is 455 g/mol. The van der Waals surface area contributed by atoms with Crippen LogP contribution in [0.3, 0.4) is 0 Å². The van der Waals surface area contributed by atoms with E-state index in [0.717, 1.165) is 18.4 Å². The molecule has 0 radical (unpaired) electrons. The van der Waals surface area contributed by atoms with E-state index >= 15 is 0 Å². The van der Waals surface area contributed by atoms with Gasteiger partial charge in [0.05, 0.1) is 16.9 Å². The van der Waals surface area contributed by atoms with E-state index in [0.29, 0.717) is 24.4 Å². The molecule has 0 spiro atoms. The number of hydrogen-bond donors (Lipinski definition) is 3. The van der Waals surface area contributed by atoms with Crippen molar-refractivity contribution in [3.8, 4) is 0 Å². The lowest BCUT2D eigenvalue weighted by Gasteiger charge is -2.22. The van der Waals surface area contributed by atoms with Crippen LogP contribution in [-0.2, 0) is 22.4 Å². The second-order valence-electron chi connectivity index (χ2n) is 8.56. The third-order valence-corrected chi connectivity index (χ3v) is 5.68. The van der Waals surface area contributed by atoms with Crippen LogP contribution in [0, 0.1) is 11.8 Å². The summed E-state index contributed by atoms with van der Waals surface area (Å²) < 4.78 is 0. The summed E-state index contributed by atoms with van der Waals surface area (Å²) in [7, 11) is 0. The predicted molar refractivity (Wildman–Crippen MR) is 133 cm³/mol. The number of amides is 1. The first-order valence-corrected chi connectivity index (χ1v) is 11.6. The van der Waals surface area contributed by atoms with E-state index in [1.54, 1.807) is 0 Å². The molecule has 0 saturated carbocycles. The van der Waals surface area contributed by atoms with Crippen molar-refractivity contribution in [2.24, 2.45) is 11.8 Å². The summed E-state index contributed by atoms with van der Waals surface area (Å²) in [6, 6.07) is 19.7. The van der Waals surface area contributed by atoms with E-state index < -0.39 is 11.9 Å². The van der Waals surface area contributed by atoms with Crippen molar-refractivity contribution in [2.45, 2.75) is 52.0 Å². The average Bonchev–Trinajstić information content (AvgIpc) is 2.76. The Kier molecular flexibility index (Phi) is 10.9. The zero-order valence-corrected chi connectivity index (χ0v) is 19.7. The van der Waals surface area contributed by atoms with Crippen LogP contribution in [0.25, 0.3) is 0 Å². The molecule has 0 aliphatic heterocycles. The van der Waals surface area contributed by atoms with Gasteiger partial charge in [-0.25, -0.2) is 0 Å². The van der Waals surface area contributed by atoms with E-state index in [1.165, 1.54) is 5.56 Å². The Morgan fingerprint density at radius 3 is 2.12 bits per heavy atom. The minimum absolute atomic E-state index is 0.0462. The smallest absolute Gasteiger partial charge is 0.307 e. The molecule has 2 atom stereocenters. The van der Waals surface area contributed by atoms with Gasteiger partial charge in [0.2, 0.25) is 5.91 Å². The van der Waals surface area contributed by atoms with Gasteiger partial charge in [-0.3, -0.25) is 9.59 Å². The SMILES string of the molecule is CC(C)C[C@H](CC(=O)N[C@@H](Cc1ccccc1)C(=S)NCCCc1ccccc1)C(=O)O. The van der Waals surface area contributed by atoms with Crippen molar-refractivity contribution in [2.75, 3.05) is 6.54 Å². The molecule has 1 amide bonds. The number of aryl methyl sites for hydroxylation is 1. The number of nitrogens with one attached hydrogen (secondary N) is 2. The number of thiocarbonyl (C=S) groups is 1. The van der Waals surface area contributed by atoms with E-state index in [-0.39, 0.29) is 24.3 Å². The number of hydrogen-bond acceptors (Lipinski definition) is 3. The van der Waals surface area contributed by atoms with Crippen LogP contribution in [0.15, 0.2) is 60.7 Å². The highest BCUT2D eigenvalue weighted by molar-refractivity contribution is 7.80. The molecule has 0 heterocycles. The zero-order chi connectivity index (χ0) is 23.3. The lowest BCUT2D eigenvalue weighted by molar-refractivity contribution is -0.144. The number of carbonyl (C=O) groups excluding carboxylic acids is 1. The third kappa shape index (κ3) is 9.60. The van der Waals surface area contributed by atoms with E-state index in [2.05, 4.69) is 22.8 Å². The maximum atomic E-state index is 12.7. The van der Waals surface area contributed by atoms with Crippen LogP contribution >= 0.6 is 12.2 Å². The highest BCUT2D eigenvalue weighted by atomic mass is 32.1. The molecule has 0 aliphatic carbocycles. The van der Waals surface area contributed by atoms with Gasteiger partial charge in [0.25, 0.3) is 0 Å². The van der Waals surface area contributed by atoms with Crippen LogP contribution < -0.4 is 10.6 Å². The maximum absolute atomic E-state index is 12.7. The first-order chi connectivity index (χ1) is 15.3. The van der Waals surface area contributed by atoms with Gasteiger partial charge in [-0.2, -0.15) is 0 Å². The van der Waals surface area contributed by atoms with Crippen molar-refractivity contribution < 1.29 is 14.7 Å². The minimum Gasteiger partial charge on any atom is -0.481 e. The summed E-state index contributed by atoms with van der Waals surface area (Å²) in [5, 5.41) is 15.7. The topological polar surface area (TPSA) is 78.4 Å². The molecule has 0 saturated heterocycles. The van der Waals surface area contributed by atoms with Crippen molar-refractivity contribution in [1.82, 2.24) is 10.6 Å². The number of rotatable bonds is 13. The van der Waals surface area contributed by atoms with Crippen molar-refractivity contribution in [3.63, 3.8) is 0 Å². The first kappa shape index (κ1) is 25.5. The Morgan fingerprint density at radius 2 is 1.56 bits per heavy atom. The molecular formula is C26H34N2O3S. The van der Waals surface area contributed by atoms with Crippen LogP contribution in [0.4, 0.5) is 0 Å². The number of benzene rings is 2. The summed E-state index contributed by atoms with van der Waals surface area (Å²) in [6.45, 7) is 4.63. The van der Waals surface area contributed by atoms with E-state index in [1.807, 2.05) is 62.4 Å². The summed E-state index contributed by atoms with van der Waals surface area (Å²) in [4.78, 5) is 24.8. The molecule has 0 aliphatic rings. The van der Waals surface area contributed by atoms with Gasteiger partial charge < -0.3 is 15.7 Å². The maximum Gasteiger partial charge on any atom is 0.307 e. The van der Waals surface area contributed by atoms with Crippen molar-refractivity contribution in [1.29, 1.82) is 0 Å². The molecule has 0 aromatic heterocycles. The molecule has 0 bridgehead atoms. The number of carboxylic acid groups (broad SMARTS) is 1. The molecule has 2 aromatic rings.